The number of nitrogens with one attached hydrogen (secondary N) is 1. The lowest BCUT2D eigenvalue weighted by Gasteiger charge is -2.19. The first-order chi connectivity index (χ1) is 9.43. The Morgan fingerprint density at radius 2 is 1.70 bits per heavy atom. The number of aromatic amines is 1. The lowest BCUT2D eigenvalue weighted by molar-refractivity contribution is 0.385. The number of benzene rings is 1. The van der Waals surface area contributed by atoms with Crippen molar-refractivity contribution >= 4 is 11.6 Å². The molecule has 1 heterocycles. The van der Waals surface area contributed by atoms with Gasteiger partial charge in [-0.2, -0.15) is 0 Å². The van der Waals surface area contributed by atoms with Crippen LogP contribution in [0.25, 0.3) is 11.1 Å². The fourth-order valence-corrected chi connectivity index (χ4v) is 2.32. The van der Waals surface area contributed by atoms with Gasteiger partial charge < -0.3 is 0 Å². The molecule has 0 saturated heterocycles. The standard InChI is InChI=1S/C15H17ClN2O2/c1-9(2)10(3)18-14(19)12(13(16)17-15(18)20)11-7-5-4-6-8-11/h4-10H,1-3H3,(H,17,20). The Kier molecular flexibility index (Phi) is 4.14. The van der Waals surface area contributed by atoms with Crippen LogP contribution in [-0.2, 0) is 0 Å². The van der Waals surface area contributed by atoms with Crippen molar-refractivity contribution in [1.29, 1.82) is 0 Å². The molecule has 2 rings (SSSR count). The smallest absolute Gasteiger partial charge is 0.297 e. The van der Waals surface area contributed by atoms with Gasteiger partial charge in [0.25, 0.3) is 5.56 Å². The Hall–Kier alpha value is -1.81. The summed E-state index contributed by atoms with van der Waals surface area (Å²) in [7, 11) is 0. The van der Waals surface area contributed by atoms with E-state index in [1.807, 2.05) is 39.0 Å². The zero-order valence-corrected chi connectivity index (χ0v) is 12.4. The molecule has 0 bridgehead atoms. The predicted octanol–water partition coefficient (Wildman–Crippen LogP) is 3.07. The normalized spacial score (nSPS) is 12.7. The van der Waals surface area contributed by atoms with Gasteiger partial charge >= 0.3 is 5.69 Å². The van der Waals surface area contributed by atoms with Crippen LogP contribution in [0.2, 0.25) is 5.15 Å². The number of hydrogen-bond acceptors (Lipinski definition) is 2. The third-order valence-corrected chi connectivity index (χ3v) is 3.81. The van der Waals surface area contributed by atoms with Crippen LogP contribution >= 0.6 is 11.6 Å². The van der Waals surface area contributed by atoms with Crippen LogP contribution in [0, 0.1) is 5.92 Å². The molecule has 1 unspecified atom stereocenters. The lowest BCUT2D eigenvalue weighted by atomic mass is 10.1. The van der Waals surface area contributed by atoms with Crippen molar-refractivity contribution in [2.45, 2.75) is 26.8 Å². The number of halogens is 1. The van der Waals surface area contributed by atoms with E-state index in [9.17, 15) is 9.59 Å². The molecule has 20 heavy (non-hydrogen) atoms. The summed E-state index contributed by atoms with van der Waals surface area (Å²) in [5.41, 5.74) is 0.204. The highest BCUT2D eigenvalue weighted by molar-refractivity contribution is 6.32. The molecule has 0 aliphatic heterocycles. The van der Waals surface area contributed by atoms with E-state index in [2.05, 4.69) is 4.98 Å². The van der Waals surface area contributed by atoms with Gasteiger partial charge in [0.1, 0.15) is 5.15 Å². The first-order valence-corrected chi connectivity index (χ1v) is 6.91. The maximum atomic E-state index is 12.6. The van der Waals surface area contributed by atoms with Gasteiger partial charge in [0.15, 0.2) is 0 Å². The minimum absolute atomic E-state index is 0.0819. The summed E-state index contributed by atoms with van der Waals surface area (Å²) in [4.78, 5) is 27.2. The molecule has 0 spiro atoms. The molecule has 4 nitrogen and oxygen atoms in total. The molecular formula is C15H17ClN2O2. The van der Waals surface area contributed by atoms with E-state index < -0.39 is 5.69 Å². The second-order valence-electron chi connectivity index (χ2n) is 5.14. The first kappa shape index (κ1) is 14.6. The zero-order valence-electron chi connectivity index (χ0n) is 11.7. The molecule has 5 heteroatoms. The van der Waals surface area contributed by atoms with E-state index in [4.69, 9.17) is 11.6 Å². The van der Waals surface area contributed by atoms with Crippen LogP contribution in [0.5, 0.6) is 0 Å². The molecular weight excluding hydrogens is 276 g/mol. The van der Waals surface area contributed by atoms with Gasteiger partial charge in [-0.1, -0.05) is 55.8 Å². The van der Waals surface area contributed by atoms with E-state index >= 15 is 0 Å². The average molecular weight is 293 g/mol. The van der Waals surface area contributed by atoms with Gasteiger partial charge in [-0.3, -0.25) is 14.3 Å². The molecule has 0 amide bonds. The summed E-state index contributed by atoms with van der Waals surface area (Å²) >= 11 is 6.06. The highest BCUT2D eigenvalue weighted by atomic mass is 35.5. The highest BCUT2D eigenvalue weighted by Crippen LogP contribution is 2.22. The van der Waals surface area contributed by atoms with Gasteiger partial charge in [-0.25, -0.2) is 4.79 Å². The summed E-state index contributed by atoms with van der Waals surface area (Å²) in [5.74, 6) is 0.165. The zero-order chi connectivity index (χ0) is 14.9. The van der Waals surface area contributed by atoms with E-state index in [1.165, 1.54) is 4.57 Å². The maximum absolute atomic E-state index is 12.6. The Bertz CT molecular complexity index is 717. The van der Waals surface area contributed by atoms with Crippen molar-refractivity contribution in [3.8, 4) is 11.1 Å². The van der Waals surface area contributed by atoms with Crippen molar-refractivity contribution in [1.82, 2.24) is 9.55 Å². The van der Waals surface area contributed by atoms with Gasteiger partial charge in [0.05, 0.1) is 5.56 Å². The molecule has 0 fully saturated rings. The van der Waals surface area contributed by atoms with Crippen LogP contribution < -0.4 is 11.2 Å². The molecule has 0 saturated carbocycles. The number of hydrogen-bond donors (Lipinski definition) is 1. The number of aromatic nitrogens is 2. The summed E-state index contributed by atoms with van der Waals surface area (Å²) in [6.45, 7) is 5.78. The first-order valence-electron chi connectivity index (χ1n) is 6.53. The van der Waals surface area contributed by atoms with Gasteiger partial charge in [0, 0.05) is 6.04 Å². The largest absolute Gasteiger partial charge is 0.329 e. The molecule has 0 radical (unpaired) electrons. The average Bonchev–Trinajstić information content (AvgIpc) is 2.39. The summed E-state index contributed by atoms with van der Waals surface area (Å²) in [5, 5.41) is 0.0819. The Labute approximate surface area is 122 Å². The topological polar surface area (TPSA) is 54.9 Å². The second-order valence-corrected chi connectivity index (χ2v) is 5.52. The molecule has 1 N–H and O–H groups in total. The minimum Gasteiger partial charge on any atom is -0.297 e. The Balaban J connectivity index is 2.75. The van der Waals surface area contributed by atoms with E-state index in [0.29, 0.717) is 11.1 Å². The van der Waals surface area contributed by atoms with Gasteiger partial charge in [0.2, 0.25) is 0 Å². The van der Waals surface area contributed by atoms with Crippen molar-refractivity contribution in [2.24, 2.45) is 5.92 Å². The van der Waals surface area contributed by atoms with Crippen molar-refractivity contribution in [2.75, 3.05) is 0 Å². The summed E-state index contributed by atoms with van der Waals surface area (Å²) < 4.78 is 1.23. The van der Waals surface area contributed by atoms with Crippen LogP contribution in [0.1, 0.15) is 26.8 Å². The van der Waals surface area contributed by atoms with Crippen molar-refractivity contribution < 1.29 is 0 Å². The molecule has 1 aromatic heterocycles. The molecule has 0 aliphatic rings. The third-order valence-electron chi connectivity index (χ3n) is 3.52. The Morgan fingerprint density at radius 1 is 1.10 bits per heavy atom. The molecule has 0 aliphatic carbocycles. The quantitative estimate of drug-likeness (QED) is 0.884. The molecule has 1 aromatic carbocycles. The van der Waals surface area contributed by atoms with Crippen LogP contribution in [0.15, 0.2) is 39.9 Å². The van der Waals surface area contributed by atoms with E-state index in [1.54, 1.807) is 12.1 Å². The second kappa shape index (κ2) is 5.67. The lowest BCUT2D eigenvalue weighted by Crippen LogP contribution is -2.39. The maximum Gasteiger partial charge on any atom is 0.329 e. The molecule has 2 aromatic rings. The third kappa shape index (κ3) is 2.56. The van der Waals surface area contributed by atoms with E-state index in [0.717, 1.165) is 0 Å². The fourth-order valence-electron chi connectivity index (χ4n) is 2.05. The summed E-state index contributed by atoms with van der Waals surface area (Å²) in [6.07, 6.45) is 0. The Morgan fingerprint density at radius 3 is 2.25 bits per heavy atom. The molecule has 1 atom stereocenters. The monoisotopic (exact) mass is 292 g/mol. The number of rotatable bonds is 3. The van der Waals surface area contributed by atoms with Crippen LogP contribution in [0.4, 0.5) is 0 Å². The highest BCUT2D eigenvalue weighted by Gasteiger charge is 2.19. The fraction of sp³-hybridized carbons (Fsp3) is 0.333. The van der Waals surface area contributed by atoms with Crippen molar-refractivity contribution in [3.05, 3.63) is 56.3 Å². The summed E-state index contributed by atoms with van der Waals surface area (Å²) in [6, 6.07) is 8.90. The molecule has 106 valence electrons. The number of H-pyrrole nitrogens is 1. The van der Waals surface area contributed by atoms with Gasteiger partial charge in [-0.15, -0.1) is 0 Å². The van der Waals surface area contributed by atoms with E-state index in [-0.39, 0.29) is 22.7 Å². The number of nitrogens with zero attached hydrogens (tertiary/aromatic N) is 1. The van der Waals surface area contributed by atoms with Crippen LogP contribution in [0.3, 0.4) is 0 Å². The van der Waals surface area contributed by atoms with Crippen LogP contribution in [-0.4, -0.2) is 9.55 Å². The van der Waals surface area contributed by atoms with Crippen molar-refractivity contribution in [3.63, 3.8) is 0 Å². The predicted molar refractivity (Wildman–Crippen MR) is 81.3 cm³/mol. The minimum atomic E-state index is -0.471. The SMILES string of the molecule is CC(C)C(C)n1c(=O)[nH]c(Cl)c(-c2ccccc2)c1=O. The van der Waals surface area contributed by atoms with Gasteiger partial charge in [-0.05, 0) is 18.4 Å².